The van der Waals surface area contributed by atoms with E-state index in [9.17, 15) is 0 Å². The molecule has 0 atom stereocenters. The number of ether oxygens (including phenoxy) is 3. The average molecular weight is 518 g/mol. The minimum Gasteiger partial charge on any atom is -0.493 e. The van der Waals surface area contributed by atoms with Crippen LogP contribution in [0.5, 0.6) is 17.5 Å². The second kappa shape index (κ2) is 13.3. The molecule has 200 valence electrons. The fraction of sp³-hybridized carbons (Fsp3) is 0.357. The zero-order chi connectivity index (χ0) is 26.7. The molecule has 10 heteroatoms. The fourth-order valence-corrected chi connectivity index (χ4v) is 4.11. The van der Waals surface area contributed by atoms with Crippen LogP contribution in [0.4, 0.5) is 11.9 Å². The Morgan fingerprint density at radius 1 is 0.974 bits per heavy atom. The number of benzene rings is 2. The lowest BCUT2D eigenvalue weighted by Gasteiger charge is -2.21. The van der Waals surface area contributed by atoms with Crippen molar-refractivity contribution in [2.24, 2.45) is 5.10 Å². The Morgan fingerprint density at radius 2 is 1.76 bits per heavy atom. The Labute approximate surface area is 223 Å². The average Bonchev–Trinajstić information content (AvgIpc) is 3.36. The molecule has 0 spiro atoms. The summed E-state index contributed by atoms with van der Waals surface area (Å²) in [5.74, 6) is 2.26. The molecule has 0 fully saturated rings. The first-order valence-corrected chi connectivity index (χ1v) is 12.8. The van der Waals surface area contributed by atoms with Crippen molar-refractivity contribution in [3.8, 4) is 17.5 Å². The van der Waals surface area contributed by atoms with E-state index in [1.807, 2.05) is 48.7 Å². The second-order valence-electron chi connectivity index (χ2n) is 8.68. The molecule has 2 aromatic heterocycles. The summed E-state index contributed by atoms with van der Waals surface area (Å²) in [4.78, 5) is 19.1. The van der Waals surface area contributed by atoms with Crippen LogP contribution in [0.1, 0.15) is 37.8 Å². The maximum atomic E-state index is 5.98. The summed E-state index contributed by atoms with van der Waals surface area (Å²) in [6.45, 7) is 6.32. The number of para-hydroxylation sites is 1. The Hall–Kier alpha value is -4.34. The van der Waals surface area contributed by atoms with Gasteiger partial charge in [0.1, 0.15) is 0 Å². The molecule has 4 rings (SSSR count). The number of aromatic amines is 1. The number of H-pyrrole nitrogens is 1. The van der Waals surface area contributed by atoms with Gasteiger partial charge in [-0.2, -0.15) is 20.1 Å². The van der Waals surface area contributed by atoms with Crippen LogP contribution in [-0.4, -0.2) is 60.1 Å². The van der Waals surface area contributed by atoms with Crippen LogP contribution in [0, 0.1) is 0 Å². The monoisotopic (exact) mass is 517 g/mol. The van der Waals surface area contributed by atoms with Crippen molar-refractivity contribution < 1.29 is 14.2 Å². The van der Waals surface area contributed by atoms with Gasteiger partial charge >= 0.3 is 6.01 Å². The molecule has 0 radical (unpaired) electrons. The number of hydrazone groups is 1. The van der Waals surface area contributed by atoms with Crippen molar-refractivity contribution in [3.63, 3.8) is 0 Å². The normalized spacial score (nSPS) is 11.2. The van der Waals surface area contributed by atoms with E-state index in [2.05, 4.69) is 49.2 Å². The van der Waals surface area contributed by atoms with Gasteiger partial charge in [0.25, 0.3) is 5.95 Å². The predicted octanol–water partition coefficient (Wildman–Crippen LogP) is 5.06. The molecule has 10 nitrogen and oxygen atoms in total. The number of anilines is 2. The van der Waals surface area contributed by atoms with Gasteiger partial charge in [-0.15, -0.1) is 0 Å². The third-order valence-electron chi connectivity index (χ3n) is 5.93. The van der Waals surface area contributed by atoms with Crippen molar-refractivity contribution in [1.82, 2.24) is 19.9 Å². The van der Waals surface area contributed by atoms with Gasteiger partial charge in [0, 0.05) is 42.2 Å². The van der Waals surface area contributed by atoms with Crippen molar-refractivity contribution in [1.29, 1.82) is 0 Å². The molecule has 0 saturated heterocycles. The molecule has 2 N–H and O–H groups in total. The van der Waals surface area contributed by atoms with Crippen LogP contribution in [0.15, 0.2) is 53.8 Å². The number of nitrogens with zero attached hydrogens (tertiary/aromatic N) is 5. The minimum absolute atomic E-state index is 0.248. The minimum atomic E-state index is 0.248. The molecule has 0 bridgehead atoms. The fourth-order valence-electron chi connectivity index (χ4n) is 4.11. The summed E-state index contributed by atoms with van der Waals surface area (Å²) >= 11 is 0. The Morgan fingerprint density at radius 3 is 2.53 bits per heavy atom. The highest BCUT2D eigenvalue weighted by molar-refractivity contribution is 5.99. The smallest absolute Gasteiger partial charge is 0.323 e. The molecule has 0 unspecified atom stereocenters. The van der Waals surface area contributed by atoms with E-state index in [-0.39, 0.29) is 6.01 Å². The number of fused-ring (bicyclic) bond motifs is 1. The van der Waals surface area contributed by atoms with E-state index in [1.54, 1.807) is 20.4 Å². The van der Waals surface area contributed by atoms with Crippen LogP contribution in [0.25, 0.3) is 10.9 Å². The third kappa shape index (κ3) is 6.70. The number of methoxy groups -OCH3 is 2. The topological polar surface area (TPSA) is 110 Å². The maximum absolute atomic E-state index is 5.98. The molecular weight excluding hydrogens is 482 g/mol. The standard InChI is InChI=1S/C28H35N7O3/c1-5-14-35(15-6-2)27-31-26(34-30-19-21-18-29-23-10-8-7-9-22(21)23)32-28(33-27)38-16-13-20-11-12-24(36-3)25(17-20)37-4/h7-12,17-19,29H,5-6,13-16H2,1-4H3,(H,31,32,33,34)/b30-19+. The van der Waals surface area contributed by atoms with E-state index in [1.165, 1.54) is 0 Å². The molecule has 0 saturated carbocycles. The number of hydrogen-bond acceptors (Lipinski definition) is 9. The molecule has 0 aliphatic rings. The van der Waals surface area contributed by atoms with Gasteiger partial charge in [0.15, 0.2) is 11.5 Å². The first-order valence-electron chi connectivity index (χ1n) is 12.8. The van der Waals surface area contributed by atoms with Crippen molar-refractivity contribution in [2.45, 2.75) is 33.1 Å². The maximum Gasteiger partial charge on any atom is 0.323 e. The summed E-state index contributed by atoms with van der Waals surface area (Å²) in [6, 6.07) is 14.1. The highest BCUT2D eigenvalue weighted by Crippen LogP contribution is 2.27. The summed E-state index contributed by atoms with van der Waals surface area (Å²) in [5, 5.41) is 5.47. The van der Waals surface area contributed by atoms with Gasteiger partial charge in [-0.25, -0.2) is 5.43 Å². The molecule has 2 aromatic carbocycles. The quantitative estimate of drug-likeness (QED) is 0.176. The van der Waals surface area contributed by atoms with Crippen molar-refractivity contribution in [3.05, 3.63) is 59.8 Å². The lowest BCUT2D eigenvalue weighted by molar-refractivity contribution is 0.295. The molecular formula is C28H35N7O3. The first-order chi connectivity index (χ1) is 18.6. The molecule has 4 aromatic rings. The summed E-state index contributed by atoms with van der Waals surface area (Å²) in [5.41, 5.74) is 6.03. The predicted molar refractivity (Wildman–Crippen MR) is 151 cm³/mol. The van der Waals surface area contributed by atoms with E-state index < -0.39 is 0 Å². The second-order valence-corrected chi connectivity index (χ2v) is 8.68. The van der Waals surface area contributed by atoms with Crippen molar-refractivity contribution in [2.75, 3.05) is 44.2 Å². The first kappa shape index (κ1) is 26.7. The van der Waals surface area contributed by atoms with Crippen molar-refractivity contribution >= 4 is 29.0 Å². The van der Waals surface area contributed by atoms with Crippen LogP contribution in [0.2, 0.25) is 0 Å². The SMILES string of the molecule is CCCN(CCC)c1nc(N/N=C/c2c[nH]c3ccccc23)nc(OCCc2ccc(OC)c(OC)c2)n1. The van der Waals surface area contributed by atoms with Gasteiger partial charge in [0.2, 0.25) is 5.95 Å². The van der Waals surface area contributed by atoms with E-state index in [4.69, 9.17) is 14.2 Å². The zero-order valence-electron chi connectivity index (χ0n) is 22.4. The molecule has 2 heterocycles. The Bertz CT molecular complexity index is 1350. The highest BCUT2D eigenvalue weighted by atomic mass is 16.5. The number of rotatable bonds is 14. The van der Waals surface area contributed by atoms with E-state index >= 15 is 0 Å². The van der Waals surface area contributed by atoms with Crippen LogP contribution in [0.3, 0.4) is 0 Å². The summed E-state index contributed by atoms with van der Waals surface area (Å²) in [7, 11) is 3.24. The number of hydrogen-bond donors (Lipinski definition) is 2. The third-order valence-corrected chi connectivity index (χ3v) is 5.93. The van der Waals surface area contributed by atoms with Crippen LogP contribution >= 0.6 is 0 Å². The van der Waals surface area contributed by atoms with Gasteiger partial charge in [-0.05, 0) is 36.6 Å². The zero-order valence-corrected chi connectivity index (χ0v) is 22.4. The lowest BCUT2D eigenvalue weighted by Crippen LogP contribution is -2.27. The Balaban J connectivity index is 1.50. The highest BCUT2D eigenvalue weighted by Gasteiger charge is 2.14. The van der Waals surface area contributed by atoms with Gasteiger partial charge in [-0.3, -0.25) is 0 Å². The van der Waals surface area contributed by atoms with Gasteiger partial charge in [-0.1, -0.05) is 38.1 Å². The molecule has 38 heavy (non-hydrogen) atoms. The van der Waals surface area contributed by atoms with Gasteiger partial charge in [0.05, 0.1) is 27.0 Å². The van der Waals surface area contributed by atoms with Crippen LogP contribution < -0.4 is 24.5 Å². The largest absolute Gasteiger partial charge is 0.493 e. The summed E-state index contributed by atoms with van der Waals surface area (Å²) < 4.78 is 16.7. The Kier molecular flexibility index (Phi) is 9.33. The van der Waals surface area contributed by atoms with Gasteiger partial charge < -0.3 is 24.1 Å². The van der Waals surface area contributed by atoms with E-state index in [0.717, 1.165) is 48.0 Å². The van der Waals surface area contributed by atoms with E-state index in [0.29, 0.717) is 36.4 Å². The van der Waals surface area contributed by atoms with Crippen LogP contribution in [-0.2, 0) is 6.42 Å². The number of nitrogens with one attached hydrogen (secondary N) is 2. The molecule has 0 amide bonds. The molecule has 0 aliphatic carbocycles. The lowest BCUT2D eigenvalue weighted by atomic mass is 10.1. The molecule has 0 aliphatic heterocycles. The number of aromatic nitrogens is 4. The summed E-state index contributed by atoms with van der Waals surface area (Å²) in [6.07, 6.45) is 6.26.